The molecule has 0 amide bonds. The molecule has 1 aliphatic rings. The lowest BCUT2D eigenvalue weighted by molar-refractivity contribution is -0.115. The van der Waals surface area contributed by atoms with Crippen LogP contribution >= 0.6 is 11.8 Å². The van der Waals surface area contributed by atoms with Gasteiger partial charge >= 0.3 is 0 Å². The Labute approximate surface area is 146 Å². The van der Waals surface area contributed by atoms with Gasteiger partial charge in [0.1, 0.15) is 0 Å². The van der Waals surface area contributed by atoms with Crippen LogP contribution in [-0.4, -0.2) is 21.9 Å². The largest absolute Gasteiger partial charge is 0.350 e. The Kier molecular flexibility index (Phi) is 4.92. The summed E-state index contributed by atoms with van der Waals surface area (Å²) >= 11 is 1.59. The molecule has 2 atom stereocenters. The quantitative estimate of drug-likeness (QED) is 0.795. The van der Waals surface area contributed by atoms with Crippen LogP contribution in [0.1, 0.15) is 17.9 Å². The van der Waals surface area contributed by atoms with Gasteiger partial charge in [0.2, 0.25) is 0 Å². The Balaban J connectivity index is 1.91. The average molecular weight is 335 g/mol. The number of hydrogen-bond donors (Lipinski definition) is 0. The van der Waals surface area contributed by atoms with Crippen molar-refractivity contribution in [3.63, 3.8) is 0 Å². The minimum absolute atomic E-state index is 0.0665. The number of carbonyl (C=O) groups excluding carboxylic acids is 1. The summed E-state index contributed by atoms with van der Waals surface area (Å²) in [6.45, 7) is 0. The van der Waals surface area contributed by atoms with Crippen LogP contribution in [0, 0.1) is 17.8 Å². The Hall–Kier alpha value is -2.25. The molecule has 0 N–H and O–H groups in total. The third kappa shape index (κ3) is 3.05. The molecule has 0 saturated heterocycles. The Morgan fingerprint density at radius 3 is 2.79 bits per heavy atom. The SMILES string of the molecule is CSC(CC(=O)C1=CC=C[CH]1)C(C#N)c1cn(C)c2ccccc12. The number of allylic oxidation sites excluding steroid dienone is 4. The maximum Gasteiger partial charge on any atom is 0.160 e. The van der Waals surface area contributed by atoms with Crippen molar-refractivity contribution in [1.29, 1.82) is 5.26 Å². The number of aryl methyl sites for hydroxylation is 1. The molecule has 0 fully saturated rings. The summed E-state index contributed by atoms with van der Waals surface area (Å²) < 4.78 is 2.05. The maximum atomic E-state index is 12.5. The Bertz CT molecular complexity index is 869. The van der Waals surface area contributed by atoms with Gasteiger partial charge in [0.05, 0.1) is 12.0 Å². The van der Waals surface area contributed by atoms with E-state index < -0.39 is 0 Å². The van der Waals surface area contributed by atoms with Crippen molar-refractivity contribution in [3.05, 3.63) is 66.2 Å². The van der Waals surface area contributed by atoms with Gasteiger partial charge in [-0.1, -0.05) is 36.4 Å². The fourth-order valence-electron chi connectivity index (χ4n) is 3.17. The van der Waals surface area contributed by atoms with Crippen molar-refractivity contribution in [2.24, 2.45) is 7.05 Å². The van der Waals surface area contributed by atoms with Gasteiger partial charge in [-0.3, -0.25) is 4.79 Å². The maximum absolute atomic E-state index is 12.5. The van der Waals surface area contributed by atoms with E-state index >= 15 is 0 Å². The number of nitriles is 1. The normalized spacial score (nSPS) is 16.0. The van der Waals surface area contributed by atoms with Crippen LogP contribution < -0.4 is 0 Å². The number of ketones is 1. The summed E-state index contributed by atoms with van der Waals surface area (Å²) in [7, 11) is 1.99. The molecule has 4 heteroatoms. The third-order valence-electron chi connectivity index (χ3n) is 4.45. The second kappa shape index (κ2) is 7.11. The molecule has 0 spiro atoms. The smallest absolute Gasteiger partial charge is 0.160 e. The van der Waals surface area contributed by atoms with Crippen LogP contribution in [0.5, 0.6) is 0 Å². The molecule has 1 heterocycles. The van der Waals surface area contributed by atoms with E-state index in [1.54, 1.807) is 11.8 Å². The lowest BCUT2D eigenvalue weighted by atomic mass is 9.92. The highest BCUT2D eigenvalue weighted by molar-refractivity contribution is 7.99. The van der Waals surface area contributed by atoms with Crippen molar-refractivity contribution >= 4 is 28.4 Å². The molecule has 3 nitrogen and oxygen atoms in total. The highest BCUT2D eigenvalue weighted by Gasteiger charge is 2.28. The predicted molar refractivity (Wildman–Crippen MR) is 99.7 cm³/mol. The highest BCUT2D eigenvalue weighted by Crippen LogP contribution is 2.35. The van der Waals surface area contributed by atoms with E-state index in [1.165, 1.54) is 0 Å². The zero-order valence-corrected chi connectivity index (χ0v) is 14.6. The molecule has 1 aliphatic carbocycles. The minimum atomic E-state index is -0.315. The monoisotopic (exact) mass is 335 g/mol. The molecule has 1 radical (unpaired) electrons. The molecular formula is C20H19N2OS. The number of benzene rings is 1. The molecular weight excluding hydrogens is 316 g/mol. The van der Waals surface area contributed by atoms with Gasteiger partial charge in [0, 0.05) is 47.8 Å². The van der Waals surface area contributed by atoms with Crippen LogP contribution in [0.4, 0.5) is 0 Å². The van der Waals surface area contributed by atoms with Crippen LogP contribution in [0.25, 0.3) is 10.9 Å². The number of Topliss-reactive ketones (excluding diaryl/α,β-unsaturated/α-hetero) is 1. The summed E-state index contributed by atoms with van der Waals surface area (Å²) in [5.41, 5.74) is 2.84. The molecule has 2 aromatic rings. The summed E-state index contributed by atoms with van der Waals surface area (Å²) in [4.78, 5) is 12.5. The van der Waals surface area contributed by atoms with Gasteiger partial charge in [0.25, 0.3) is 0 Å². The van der Waals surface area contributed by atoms with Crippen LogP contribution in [-0.2, 0) is 11.8 Å². The number of hydrogen-bond acceptors (Lipinski definition) is 3. The number of fused-ring (bicyclic) bond motifs is 1. The van der Waals surface area contributed by atoms with Crippen molar-refractivity contribution in [3.8, 4) is 6.07 Å². The summed E-state index contributed by atoms with van der Waals surface area (Å²) in [5.74, 6) is -0.218. The number of rotatable bonds is 6. The van der Waals surface area contributed by atoms with Crippen LogP contribution in [0.15, 0.2) is 54.3 Å². The van der Waals surface area contributed by atoms with Gasteiger partial charge in [-0.25, -0.2) is 0 Å². The van der Waals surface area contributed by atoms with E-state index in [-0.39, 0.29) is 17.0 Å². The van der Waals surface area contributed by atoms with Crippen molar-refractivity contribution < 1.29 is 4.79 Å². The van der Waals surface area contributed by atoms with Crippen molar-refractivity contribution in [2.75, 3.05) is 6.26 Å². The van der Waals surface area contributed by atoms with Gasteiger partial charge in [-0.2, -0.15) is 17.0 Å². The number of para-hydroxylation sites is 1. The molecule has 121 valence electrons. The van der Waals surface area contributed by atoms with Gasteiger partial charge in [-0.05, 0) is 17.9 Å². The third-order valence-corrected chi connectivity index (χ3v) is 5.49. The topological polar surface area (TPSA) is 45.8 Å². The zero-order valence-electron chi connectivity index (χ0n) is 13.8. The van der Waals surface area contributed by atoms with Crippen LogP contribution in [0.2, 0.25) is 0 Å². The Morgan fingerprint density at radius 1 is 1.33 bits per heavy atom. The van der Waals surface area contributed by atoms with E-state index in [1.807, 2.05) is 66.9 Å². The molecule has 0 saturated carbocycles. The molecule has 24 heavy (non-hydrogen) atoms. The molecule has 2 unspecified atom stereocenters. The number of thioether (sulfide) groups is 1. The second-order valence-corrected chi connectivity index (χ2v) is 6.97. The van der Waals surface area contributed by atoms with E-state index in [0.717, 1.165) is 22.0 Å². The lowest BCUT2D eigenvalue weighted by Gasteiger charge is -2.19. The fourth-order valence-corrected chi connectivity index (χ4v) is 3.97. The minimum Gasteiger partial charge on any atom is -0.350 e. The summed E-state index contributed by atoms with van der Waals surface area (Å²) in [5, 5.41) is 10.8. The van der Waals surface area contributed by atoms with Crippen molar-refractivity contribution in [1.82, 2.24) is 4.57 Å². The van der Waals surface area contributed by atoms with E-state index in [4.69, 9.17) is 0 Å². The molecule has 1 aromatic carbocycles. The van der Waals surface area contributed by atoms with E-state index in [9.17, 15) is 10.1 Å². The van der Waals surface area contributed by atoms with Crippen molar-refractivity contribution in [2.45, 2.75) is 17.6 Å². The fraction of sp³-hybridized carbons (Fsp3) is 0.250. The van der Waals surface area contributed by atoms with E-state index in [0.29, 0.717) is 6.42 Å². The predicted octanol–water partition coefficient (Wildman–Crippen LogP) is 4.18. The second-order valence-electron chi connectivity index (χ2n) is 5.89. The molecule has 1 aromatic heterocycles. The Morgan fingerprint density at radius 2 is 2.12 bits per heavy atom. The van der Waals surface area contributed by atoms with Gasteiger partial charge in [-0.15, -0.1) is 0 Å². The standard InChI is InChI=1S/C20H19N2OS/c1-22-13-17(15-9-5-6-10-18(15)22)16(12-21)20(24-2)11-19(23)14-7-3-4-8-14/h3-10,13,16,20H,11H2,1-2H3. The molecule has 0 bridgehead atoms. The molecule has 0 aliphatic heterocycles. The lowest BCUT2D eigenvalue weighted by Crippen LogP contribution is -2.19. The van der Waals surface area contributed by atoms with Crippen LogP contribution in [0.3, 0.4) is 0 Å². The first-order valence-corrected chi connectivity index (χ1v) is 9.15. The highest BCUT2D eigenvalue weighted by atomic mass is 32.2. The summed E-state index contributed by atoms with van der Waals surface area (Å²) in [6.07, 6.45) is 11.8. The summed E-state index contributed by atoms with van der Waals surface area (Å²) in [6, 6.07) is 10.5. The first-order valence-electron chi connectivity index (χ1n) is 7.87. The number of nitrogens with zero attached hydrogens (tertiary/aromatic N) is 2. The van der Waals surface area contributed by atoms with Gasteiger partial charge in [0.15, 0.2) is 5.78 Å². The number of carbonyl (C=O) groups is 1. The average Bonchev–Trinajstić information content (AvgIpc) is 3.24. The van der Waals surface area contributed by atoms with E-state index in [2.05, 4.69) is 12.1 Å². The number of aromatic nitrogens is 1. The zero-order chi connectivity index (χ0) is 17.1. The van der Waals surface area contributed by atoms with Gasteiger partial charge < -0.3 is 4.57 Å². The first-order chi connectivity index (χ1) is 11.7. The molecule has 3 rings (SSSR count). The first kappa shape index (κ1) is 16.6.